The summed E-state index contributed by atoms with van der Waals surface area (Å²) in [5, 5.41) is 0. The lowest BCUT2D eigenvalue weighted by atomic mass is 9.59. The third kappa shape index (κ3) is 1.50. The third-order valence-electron chi connectivity index (χ3n) is 6.54. The molecule has 1 unspecified atom stereocenters. The molecule has 0 aromatic carbocycles. The fraction of sp³-hybridized carbons (Fsp3) is 0.778. The summed E-state index contributed by atoms with van der Waals surface area (Å²) in [5.74, 6) is 2.89. The number of fused-ring (bicyclic) bond motifs is 4. The van der Waals surface area contributed by atoms with Crippen molar-refractivity contribution in [2.24, 2.45) is 23.2 Å². The van der Waals surface area contributed by atoms with Crippen molar-refractivity contribution in [3.8, 4) is 0 Å². The van der Waals surface area contributed by atoms with Crippen molar-refractivity contribution in [3.05, 3.63) is 23.3 Å². The molecule has 0 aliphatic heterocycles. The highest BCUT2D eigenvalue weighted by atomic mass is 14.5. The molecule has 0 N–H and O–H groups in total. The maximum absolute atomic E-state index is 2.60. The van der Waals surface area contributed by atoms with E-state index < -0.39 is 0 Å². The van der Waals surface area contributed by atoms with Crippen LogP contribution in [0.3, 0.4) is 0 Å². The van der Waals surface area contributed by atoms with Gasteiger partial charge in [-0.2, -0.15) is 0 Å². The van der Waals surface area contributed by atoms with Gasteiger partial charge in [0.1, 0.15) is 0 Å². The van der Waals surface area contributed by atoms with Crippen LogP contribution in [0, 0.1) is 23.2 Å². The summed E-state index contributed by atoms with van der Waals surface area (Å²) in [6, 6.07) is 0. The van der Waals surface area contributed by atoms with Gasteiger partial charge in [-0.3, -0.25) is 0 Å². The summed E-state index contributed by atoms with van der Waals surface area (Å²) in [6.07, 6.45) is 18.4. The second kappa shape index (κ2) is 3.99. The molecule has 98 valence electrons. The van der Waals surface area contributed by atoms with Crippen molar-refractivity contribution in [3.63, 3.8) is 0 Å². The minimum Gasteiger partial charge on any atom is -0.0780 e. The Morgan fingerprint density at radius 1 is 1.06 bits per heavy atom. The van der Waals surface area contributed by atoms with Gasteiger partial charge in [0.05, 0.1) is 0 Å². The molecule has 0 bridgehead atoms. The maximum Gasteiger partial charge on any atom is -0.0109 e. The van der Waals surface area contributed by atoms with Crippen molar-refractivity contribution in [1.82, 2.24) is 0 Å². The molecule has 0 nitrogen and oxygen atoms in total. The van der Waals surface area contributed by atoms with E-state index in [-0.39, 0.29) is 0 Å². The fourth-order valence-electron chi connectivity index (χ4n) is 5.57. The SMILES string of the molecule is C[C@]12C=CC3=C4CCCCC4CC[C@H]3[C@@H]1CCC2. The molecule has 0 radical (unpaired) electrons. The monoisotopic (exact) mass is 242 g/mol. The first-order valence-corrected chi connectivity index (χ1v) is 8.20. The minimum absolute atomic E-state index is 0.552. The Labute approximate surface area is 112 Å². The van der Waals surface area contributed by atoms with Crippen LogP contribution >= 0.6 is 0 Å². The topological polar surface area (TPSA) is 0 Å². The molecule has 0 amide bonds. The number of rotatable bonds is 0. The van der Waals surface area contributed by atoms with Crippen LogP contribution in [0.4, 0.5) is 0 Å². The second-order valence-electron chi connectivity index (χ2n) is 7.45. The lowest BCUT2D eigenvalue weighted by molar-refractivity contribution is 0.190. The van der Waals surface area contributed by atoms with Gasteiger partial charge in [0.25, 0.3) is 0 Å². The normalized spacial score (nSPS) is 46.6. The Morgan fingerprint density at radius 2 is 2.00 bits per heavy atom. The van der Waals surface area contributed by atoms with Gasteiger partial charge >= 0.3 is 0 Å². The molecule has 18 heavy (non-hydrogen) atoms. The molecule has 0 aromatic heterocycles. The average Bonchev–Trinajstić information content (AvgIpc) is 2.80. The summed E-state index contributed by atoms with van der Waals surface area (Å²) in [6.45, 7) is 2.52. The Bertz CT molecular complexity index is 414. The molecule has 4 rings (SSSR count). The Morgan fingerprint density at radius 3 is 2.94 bits per heavy atom. The molecule has 2 fully saturated rings. The largest absolute Gasteiger partial charge is 0.0780 e. The van der Waals surface area contributed by atoms with Crippen LogP contribution in [0.15, 0.2) is 23.3 Å². The van der Waals surface area contributed by atoms with Gasteiger partial charge in [-0.1, -0.05) is 37.5 Å². The van der Waals surface area contributed by atoms with E-state index in [2.05, 4.69) is 19.1 Å². The van der Waals surface area contributed by atoms with Crippen LogP contribution in [0.1, 0.15) is 64.7 Å². The maximum atomic E-state index is 2.60. The third-order valence-corrected chi connectivity index (χ3v) is 6.54. The number of hydrogen-bond acceptors (Lipinski definition) is 0. The highest BCUT2D eigenvalue weighted by Crippen LogP contribution is 2.57. The summed E-state index contributed by atoms with van der Waals surface area (Å²) >= 11 is 0. The van der Waals surface area contributed by atoms with E-state index in [0.717, 1.165) is 17.8 Å². The van der Waals surface area contributed by atoms with Crippen LogP contribution in [0.2, 0.25) is 0 Å². The van der Waals surface area contributed by atoms with Gasteiger partial charge < -0.3 is 0 Å². The van der Waals surface area contributed by atoms with Gasteiger partial charge in [-0.05, 0) is 73.7 Å². The molecule has 4 atom stereocenters. The van der Waals surface area contributed by atoms with Crippen molar-refractivity contribution < 1.29 is 0 Å². The zero-order chi connectivity index (χ0) is 12.2. The molecule has 4 aliphatic carbocycles. The molecule has 0 saturated heterocycles. The number of allylic oxidation sites excluding steroid dienone is 4. The van der Waals surface area contributed by atoms with E-state index in [1.807, 2.05) is 11.1 Å². The average molecular weight is 242 g/mol. The summed E-state index contributed by atoms with van der Waals surface area (Å²) < 4.78 is 0. The predicted octanol–water partition coefficient (Wildman–Crippen LogP) is 5.26. The van der Waals surface area contributed by atoms with E-state index in [1.54, 1.807) is 0 Å². The zero-order valence-corrected chi connectivity index (χ0v) is 11.8. The van der Waals surface area contributed by atoms with Crippen LogP contribution in [0.25, 0.3) is 0 Å². The predicted molar refractivity (Wildman–Crippen MR) is 76.3 cm³/mol. The smallest absolute Gasteiger partial charge is 0.0109 e. The molecule has 2 saturated carbocycles. The lowest BCUT2D eigenvalue weighted by Crippen LogP contribution is -2.35. The summed E-state index contributed by atoms with van der Waals surface area (Å²) in [5.41, 5.74) is 4.26. The van der Waals surface area contributed by atoms with E-state index in [1.165, 1.54) is 57.8 Å². The molecule has 0 aromatic rings. The van der Waals surface area contributed by atoms with Crippen molar-refractivity contribution in [2.75, 3.05) is 0 Å². The van der Waals surface area contributed by atoms with Crippen molar-refractivity contribution in [1.29, 1.82) is 0 Å². The summed E-state index contributed by atoms with van der Waals surface area (Å²) in [4.78, 5) is 0. The fourth-order valence-corrected chi connectivity index (χ4v) is 5.57. The van der Waals surface area contributed by atoms with E-state index in [0.29, 0.717) is 5.41 Å². The molecule has 0 heteroatoms. The van der Waals surface area contributed by atoms with Gasteiger partial charge in [0, 0.05) is 0 Å². The highest BCUT2D eigenvalue weighted by Gasteiger charge is 2.46. The zero-order valence-electron chi connectivity index (χ0n) is 11.8. The minimum atomic E-state index is 0.552. The van der Waals surface area contributed by atoms with Crippen LogP contribution in [0.5, 0.6) is 0 Å². The van der Waals surface area contributed by atoms with Gasteiger partial charge in [-0.25, -0.2) is 0 Å². The quantitative estimate of drug-likeness (QED) is 0.543. The summed E-state index contributed by atoms with van der Waals surface area (Å²) in [7, 11) is 0. The molecular formula is C18H26. The Balaban J connectivity index is 1.77. The standard InChI is InChI=1S/C18H26/c1-18-11-4-7-17(18)16-9-8-13-5-2-3-6-14(13)15(16)10-12-18/h10,12-13,16-17H,2-9,11H2,1H3/t13?,16-,17+,18+/m1/s1. The van der Waals surface area contributed by atoms with Gasteiger partial charge in [0.15, 0.2) is 0 Å². The lowest BCUT2D eigenvalue weighted by Gasteiger charge is -2.45. The van der Waals surface area contributed by atoms with Crippen LogP contribution in [-0.4, -0.2) is 0 Å². The van der Waals surface area contributed by atoms with Gasteiger partial charge in [0.2, 0.25) is 0 Å². The van der Waals surface area contributed by atoms with Crippen LogP contribution in [-0.2, 0) is 0 Å². The molecular weight excluding hydrogens is 216 g/mol. The Kier molecular flexibility index (Phi) is 2.51. The van der Waals surface area contributed by atoms with E-state index in [4.69, 9.17) is 0 Å². The molecule has 0 spiro atoms. The van der Waals surface area contributed by atoms with Gasteiger partial charge in [-0.15, -0.1) is 0 Å². The van der Waals surface area contributed by atoms with Crippen molar-refractivity contribution in [2.45, 2.75) is 64.7 Å². The highest BCUT2D eigenvalue weighted by molar-refractivity contribution is 5.38. The molecule has 0 heterocycles. The van der Waals surface area contributed by atoms with Crippen molar-refractivity contribution >= 4 is 0 Å². The number of hydrogen-bond donors (Lipinski definition) is 0. The van der Waals surface area contributed by atoms with E-state index >= 15 is 0 Å². The first-order chi connectivity index (χ1) is 8.78. The van der Waals surface area contributed by atoms with Crippen LogP contribution < -0.4 is 0 Å². The first-order valence-electron chi connectivity index (χ1n) is 8.20. The molecule has 4 aliphatic rings. The Hall–Kier alpha value is -0.520. The first kappa shape index (κ1) is 11.3. The second-order valence-corrected chi connectivity index (χ2v) is 7.45. The van der Waals surface area contributed by atoms with E-state index in [9.17, 15) is 0 Å².